The number of hydrogen-bond acceptors (Lipinski definition) is 5. The number of aromatic nitrogens is 1. The highest BCUT2D eigenvalue weighted by Crippen LogP contribution is 2.21. The van der Waals surface area contributed by atoms with Gasteiger partial charge in [-0.15, -0.1) is 0 Å². The molecule has 0 bridgehead atoms. The first kappa shape index (κ1) is 9.45. The Morgan fingerprint density at radius 2 is 2.33 bits per heavy atom. The molecule has 0 atom stereocenters. The largest absolute Gasteiger partial charge is 0.465 e. The van der Waals surface area contributed by atoms with E-state index >= 15 is 0 Å². The molecule has 0 radical (unpaired) electrons. The minimum atomic E-state index is -0.768. The number of ether oxygens (including phenoxy) is 1. The minimum Gasteiger partial charge on any atom is -0.465 e. The van der Waals surface area contributed by atoms with E-state index in [1.165, 1.54) is 13.2 Å². The smallest absolute Gasteiger partial charge is 0.340 e. The summed E-state index contributed by atoms with van der Waals surface area (Å²) in [5.74, 6) is -1.50. The molecule has 0 fully saturated rings. The SMILES string of the molecule is COC(=O)c1cc2nc(N)oc2cc1F. The van der Waals surface area contributed by atoms with Crippen molar-refractivity contribution in [2.45, 2.75) is 0 Å². The van der Waals surface area contributed by atoms with Crippen LogP contribution in [0.4, 0.5) is 10.4 Å². The maximum Gasteiger partial charge on any atom is 0.340 e. The van der Waals surface area contributed by atoms with Gasteiger partial charge in [0.15, 0.2) is 5.58 Å². The van der Waals surface area contributed by atoms with Crippen LogP contribution in [0.2, 0.25) is 0 Å². The summed E-state index contributed by atoms with van der Waals surface area (Å²) in [7, 11) is 1.17. The molecule has 0 spiro atoms. The number of nitrogens with two attached hydrogens (primary N) is 1. The molecule has 2 N–H and O–H groups in total. The summed E-state index contributed by atoms with van der Waals surface area (Å²) in [5.41, 5.74) is 5.59. The standard InChI is InChI=1S/C9H7FN2O3/c1-14-8(13)4-2-6-7(3-5(4)10)15-9(11)12-6/h2-3H,1H3,(H2,11,12). The maximum absolute atomic E-state index is 13.3. The molecule has 0 saturated carbocycles. The quantitative estimate of drug-likeness (QED) is 0.718. The second-order valence-electron chi connectivity index (χ2n) is 2.84. The van der Waals surface area contributed by atoms with Crippen LogP contribution >= 0.6 is 0 Å². The molecule has 1 aromatic heterocycles. The van der Waals surface area contributed by atoms with Crippen molar-refractivity contribution >= 4 is 23.1 Å². The van der Waals surface area contributed by atoms with Crippen molar-refractivity contribution in [2.75, 3.05) is 12.8 Å². The average molecular weight is 210 g/mol. The number of oxazole rings is 1. The Labute approximate surface area is 83.6 Å². The Balaban J connectivity index is 2.66. The third-order valence-corrected chi connectivity index (χ3v) is 1.90. The zero-order valence-corrected chi connectivity index (χ0v) is 7.78. The number of halogens is 1. The van der Waals surface area contributed by atoms with Gasteiger partial charge in [0.2, 0.25) is 0 Å². The predicted octanol–water partition coefficient (Wildman–Crippen LogP) is 1.34. The van der Waals surface area contributed by atoms with Crippen molar-refractivity contribution in [3.63, 3.8) is 0 Å². The maximum atomic E-state index is 13.3. The number of nitrogen functional groups attached to an aromatic ring is 1. The van der Waals surface area contributed by atoms with E-state index in [1.54, 1.807) is 0 Å². The van der Waals surface area contributed by atoms with Crippen molar-refractivity contribution in [3.8, 4) is 0 Å². The van der Waals surface area contributed by atoms with Gasteiger partial charge in [0.05, 0.1) is 12.7 Å². The van der Waals surface area contributed by atoms with Gasteiger partial charge in [-0.3, -0.25) is 0 Å². The lowest BCUT2D eigenvalue weighted by molar-refractivity contribution is 0.0595. The number of benzene rings is 1. The van der Waals surface area contributed by atoms with E-state index in [9.17, 15) is 9.18 Å². The Morgan fingerprint density at radius 1 is 1.60 bits per heavy atom. The Hall–Kier alpha value is -2.11. The highest BCUT2D eigenvalue weighted by atomic mass is 19.1. The normalized spacial score (nSPS) is 10.5. The van der Waals surface area contributed by atoms with Gasteiger partial charge < -0.3 is 14.9 Å². The van der Waals surface area contributed by atoms with E-state index in [1.807, 2.05) is 0 Å². The van der Waals surface area contributed by atoms with E-state index in [0.29, 0.717) is 5.52 Å². The lowest BCUT2D eigenvalue weighted by Crippen LogP contribution is -2.04. The van der Waals surface area contributed by atoms with Gasteiger partial charge in [-0.25, -0.2) is 9.18 Å². The lowest BCUT2D eigenvalue weighted by atomic mass is 10.2. The number of rotatable bonds is 1. The summed E-state index contributed by atoms with van der Waals surface area (Å²) in [5, 5.41) is 0. The van der Waals surface area contributed by atoms with Crippen LogP contribution in [0, 0.1) is 5.82 Å². The molecule has 0 amide bonds. The summed E-state index contributed by atoms with van der Waals surface area (Å²) < 4.78 is 22.6. The first-order valence-corrected chi connectivity index (χ1v) is 4.05. The molecule has 2 rings (SSSR count). The van der Waals surface area contributed by atoms with E-state index < -0.39 is 11.8 Å². The molecule has 0 saturated heterocycles. The van der Waals surface area contributed by atoms with Crippen molar-refractivity contribution in [1.82, 2.24) is 4.98 Å². The average Bonchev–Trinajstić information content (AvgIpc) is 2.55. The summed E-state index contributed by atoms with van der Waals surface area (Å²) in [4.78, 5) is 14.9. The zero-order valence-electron chi connectivity index (χ0n) is 7.78. The first-order chi connectivity index (χ1) is 7.11. The zero-order chi connectivity index (χ0) is 11.0. The van der Waals surface area contributed by atoms with Gasteiger partial charge in [-0.2, -0.15) is 4.98 Å². The molecule has 15 heavy (non-hydrogen) atoms. The summed E-state index contributed by atoms with van der Waals surface area (Å²) in [6, 6.07) is 2.20. The molecule has 5 nitrogen and oxygen atoms in total. The summed E-state index contributed by atoms with van der Waals surface area (Å²) in [6.45, 7) is 0. The van der Waals surface area contributed by atoms with Crippen LogP contribution in [-0.2, 0) is 4.74 Å². The second kappa shape index (κ2) is 3.23. The monoisotopic (exact) mass is 210 g/mol. The molecule has 1 heterocycles. The third kappa shape index (κ3) is 1.50. The number of fused-ring (bicyclic) bond motifs is 1. The van der Waals surface area contributed by atoms with E-state index in [0.717, 1.165) is 6.07 Å². The van der Waals surface area contributed by atoms with E-state index in [-0.39, 0.29) is 17.2 Å². The third-order valence-electron chi connectivity index (χ3n) is 1.90. The van der Waals surface area contributed by atoms with Gasteiger partial charge in [0.1, 0.15) is 11.3 Å². The van der Waals surface area contributed by atoms with Crippen molar-refractivity contribution in [2.24, 2.45) is 0 Å². The number of nitrogens with zero attached hydrogens (tertiary/aromatic N) is 1. The van der Waals surface area contributed by atoms with Crippen LogP contribution < -0.4 is 5.73 Å². The molecule has 0 aliphatic carbocycles. The van der Waals surface area contributed by atoms with Crippen LogP contribution in [0.1, 0.15) is 10.4 Å². The van der Waals surface area contributed by atoms with Crippen LogP contribution in [-0.4, -0.2) is 18.1 Å². The van der Waals surface area contributed by atoms with Crippen molar-refractivity contribution < 1.29 is 18.3 Å². The fraction of sp³-hybridized carbons (Fsp3) is 0.111. The molecule has 0 unspecified atom stereocenters. The lowest BCUT2D eigenvalue weighted by Gasteiger charge is -1.99. The van der Waals surface area contributed by atoms with Crippen LogP contribution in [0.15, 0.2) is 16.5 Å². The predicted molar refractivity (Wildman–Crippen MR) is 49.7 cm³/mol. The Bertz CT molecular complexity index is 535. The van der Waals surface area contributed by atoms with Gasteiger partial charge in [-0.1, -0.05) is 0 Å². The molecular weight excluding hydrogens is 203 g/mol. The van der Waals surface area contributed by atoms with Gasteiger partial charge in [-0.05, 0) is 6.07 Å². The number of methoxy groups -OCH3 is 1. The Morgan fingerprint density at radius 3 is 3.00 bits per heavy atom. The second-order valence-corrected chi connectivity index (χ2v) is 2.84. The van der Waals surface area contributed by atoms with Gasteiger partial charge >= 0.3 is 5.97 Å². The number of anilines is 1. The molecule has 6 heteroatoms. The molecule has 78 valence electrons. The number of esters is 1. The van der Waals surface area contributed by atoms with Crippen LogP contribution in [0.25, 0.3) is 11.1 Å². The van der Waals surface area contributed by atoms with Gasteiger partial charge in [0, 0.05) is 6.07 Å². The van der Waals surface area contributed by atoms with Crippen LogP contribution in [0.3, 0.4) is 0 Å². The fourth-order valence-electron chi connectivity index (χ4n) is 1.23. The highest BCUT2D eigenvalue weighted by molar-refractivity contribution is 5.93. The number of carbonyl (C=O) groups is 1. The first-order valence-electron chi connectivity index (χ1n) is 4.05. The summed E-state index contributed by atoms with van der Waals surface area (Å²) in [6.07, 6.45) is 0. The number of hydrogen-bond donors (Lipinski definition) is 1. The van der Waals surface area contributed by atoms with Crippen molar-refractivity contribution in [1.29, 1.82) is 0 Å². The van der Waals surface area contributed by atoms with E-state index in [4.69, 9.17) is 10.2 Å². The van der Waals surface area contributed by atoms with Crippen molar-refractivity contribution in [3.05, 3.63) is 23.5 Å². The summed E-state index contributed by atoms with van der Waals surface area (Å²) >= 11 is 0. The fourth-order valence-corrected chi connectivity index (χ4v) is 1.23. The Kier molecular flexibility index (Phi) is 2.03. The highest BCUT2D eigenvalue weighted by Gasteiger charge is 2.15. The topological polar surface area (TPSA) is 78.3 Å². The van der Waals surface area contributed by atoms with Gasteiger partial charge in [0.25, 0.3) is 6.01 Å². The molecule has 0 aliphatic heterocycles. The number of carbonyl (C=O) groups excluding carboxylic acids is 1. The van der Waals surface area contributed by atoms with Crippen LogP contribution in [0.5, 0.6) is 0 Å². The molecule has 2 aromatic rings. The molecular formula is C9H7FN2O3. The van der Waals surface area contributed by atoms with E-state index in [2.05, 4.69) is 9.72 Å². The molecule has 1 aromatic carbocycles. The molecule has 0 aliphatic rings. The minimum absolute atomic E-state index is 0.0774.